The number of ether oxygens (including phenoxy) is 1. The average Bonchev–Trinajstić information content (AvgIpc) is 3.11. The first-order valence-electron chi connectivity index (χ1n) is 8.81. The number of aryl methyl sites for hydroxylation is 1. The maximum atomic E-state index is 13.0. The number of rotatable bonds is 6. The molecule has 0 saturated carbocycles. The molecule has 0 fully saturated rings. The van der Waals surface area contributed by atoms with Crippen LogP contribution in [0.3, 0.4) is 0 Å². The first kappa shape index (κ1) is 18.3. The van der Waals surface area contributed by atoms with Gasteiger partial charge in [0.2, 0.25) is 0 Å². The Morgan fingerprint density at radius 2 is 2.00 bits per heavy atom. The largest absolute Gasteiger partial charge is 0.464 e. The van der Waals surface area contributed by atoms with Gasteiger partial charge in [-0.05, 0) is 30.9 Å². The summed E-state index contributed by atoms with van der Waals surface area (Å²) in [6, 6.07) is 7.48. The van der Waals surface area contributed by atoms with Crippen molar-refractivity contribution in [1.29, 1.82) is 0 Å². The Bertz CT molecular complexity index is 973. The third-order valence-corrected chi connectivity index (χ3v) is 5.29. The van der Waals surface area contributed by atoms with Crippen LogP contribution in [0.15, 0.2) is 40.8 Å². The van der Waals surface area contributed by atoms with Crippen LogP contribution in [-0.2, 0) is 16.0 Å². The van der Waals surface area contributed by atoms with Gasteiger partial charge in [-0.3, -0.25) is 9.36 Å². The van der Waals surface area contributed by atoms with Crippen LogP contribution in [0.5, 0.6) is 0 Å². The molecule has 6 heteroatoms. The molecular formula is C20H22N2O3S. The highest BCUT2D eigenvalue weighted by molar-refractivity contribution is 7.17. The molecule has 0 bridgehead atoms. The molecule has 26 heavy (non-hydrogen) atoms. The van der Waals surface area contributed by atoms with Gasteiger partial charge >= 0.3 is 5.97 Å². The summed E-state index contributed by atoms with van der Waals surface area (Å²) in [6.45, 7) is 6.05. The zero-order valence-electron chi connectivity index (χ0n) is 15.2. The van der Waals surface area contributed by atoms with Gasteiger partial charge in [-0.15, -0.1) is 11.3 Å². The normalized spacial score (nSPS) is 12.3. The van der Waals surface area contributed by atoms with Crippen LogP contribution >= 0.6 is 11.3 Å². The van der Waals surface area contributed by atoms with Crippen molar-refractivity contribution in [3.05, 3.63) is 51.9 Å². The smallest absolute Gasteiger partial charge is 0.328 e. The van der Waals surface area contributed by atoms with Crippen LogP contribution in [-0.4, -0.2) is 22.1 Å². The van der Waals surface area contributed by atoms with Crippen LogP contribution in [0.25, 0.3) is 21.3 Å². The summed E-state index contributed by atoms with van der Waals surface area (Å²) >= 11 is 1.43. The second-order valence-electron chi connectivity index (χ2n) is 6.18. The number of fused-ring (bicyclic) bond motifs is 1. The first-order chi connectivity index (χ1) is 12.6. The molecule has 0 unspecified atom stereocenters. The van der Waals surface area contributed by atoms with Gasteiger partial charge in [0.25, 0.3) is 5.56 Å². The molecule has 0 spiro atoms. The number of thiophene rings is 1. The van der Waals surface area contributed by atoms with Gasteiger partial charge in [-0.25, -0.2) is 9.78 Å². The fourth-order valence-electron chi connectivity index (χ4n) is 2.79. The highest BCUT2D eigenvalue weighted by Crippen LogP contribution is 2.31. The predicted molar refractivity (Wildman–Crippen MR) is 105 cm³/mol. The Hall–Kier alpha value is -2.47. The molecule has 136 valence electrons. The van der Waals surface area contributed by atoms with Crippen LogP contribution in [0.4, 0.5) is 0 Å². The molecule has 3 aromatic rings. The van der Waals surface area contributed by atoms with E-state index >= 15 is 0 Å². The molecular weight excluding hydrogens is 348 g/mol. The minimum atomic E-state index is -0.707. The number of benzene rings is 1. The van der Waals surface area contributed by atoms with Crippen molar-refractivity contribution in [2.24, 2.45) is 0 Å². The molecule has 0 aliphatic rings. The van der Waals surface area contributed by atoms with Gasteiger partial charge in [0, 0.05) is 10.9 Å². The molecule has 0 saturated heterocycles. The summed E-state index contributed by atoms with van der Waals surface area (Å²) in [7, 11) is 0. The van der Waals surface area contributed by atoms with Crippen LogP contribution in [0.2, 0.25) is 0 Å². The van der Waals surface area contributed by atoms with Gasteiger partial charge in [0.05, 0.1) is 18.3 Å². The van der Waals surface area contributed by atoms with Crippen molar-refractivity contribution < 1.29 is 9.53 Å². The lowest BCUT2D eigenvalue weighted by molar-refractivity contribution is -0.147. The maximum absolute atomic E-state index is 13.0. The van der Waals surface area contributed by atoms with Gasteiger partial charge in [-0.1, -0.05) is 38.1 Å². The summed E-state index contributed by atoms with van der Waals surface area (Å²) < 4.78 is 6.53. The molecule has 1 atom stereocenters. The lowest BCUT2D eigenvalue weighted by Gasteiger charge is -2.14. The summed E-state index contributed by atoms with van der Waals surface area (Å²) in [5.74, 6) is -0.417. The van der Waals surface area contributed by atoms with E-state index in [2.05, 4.69) is 24.0 Å². The van der Waals surface area contributed by atoms with Gasteiger partial charge in [0.1, 0.15) is 10.9 Å². The Labute approximate surface area is 156 Å². The van der Waals surface area contributed by atoms with Gasteiger partial charge in [0.15, 0.2) is 0 Å². The number of carbonyl (C=O) groups is 1. The fourth-order valence-corrected chi connectivity index (χ4v) is 3.70. The topological polar surface area (TPSA) is 61.2 Å². The van der Waals surface area contributed by atoms with E-state index in [0.29, 0.717) is 16.8 Å². The summed E-state index contributed by atoms with van der Waals surface area (Å²) in [5.41, 5.74) is 2.86. The summed E-state index contributed by atoms with van der Waals surface area (Å²) in [4.78, 5) is 30.3. The third-order valence-electron chi connectivity index (χ3n) is 4.40. The lowest BCUT2D eigenvalue weighted by Crippen LogP contribution is -2.29. The Kier molecular flexibility index (Phi) is 5.52. The molecule has 0 amide bonds. The SMILES string of the molecule is CCCOC(=O)[C@@H](C)n1cnc2scc(-c3ccc(CC)cc3)c2c1=O. The predicted octanol–water partition coefficient (Wildman–Crippen LogP) is 4.20. The molecule has 0 aliphatic heterocycles. The Morgan fingerprint density at radius 1 is 1.27 bits per heavy atom. The average molecular weight is 370 g/mol. The molecule has 5 nitrogen and oxygen atoms in total. The van der Waals surface area contributed by atoms with Crippen molar-refractivity contribution in [3.8, 4) is 11.1 Å². The van der Waals surface area contributed by atoms with Crippen LogP contribution in [0.1, 0.15) is 38.8 Å². The fraction of sp³-hybridized carbons (Fsp3) is 0.350. The molecule has 2 heterocycles. The zero-order chi connectivity index (χ0) is 18.7. The van der Waals surface area contributed by atoms with Crippen molar-refractivity contribution in [3.63, 3.8) is 0 Å². The van der Waals surface area contributed by atoms with Crippen LogP contribution in [0, 0.1) is 0 Å². The van der Waals surface area contributed by atoms with E-state index in [1.807, 2.05) is 24.4 Å². The number of hydrogen-bond acceptors (Lipinski definition) is 5. The first-order valence-corrected chi connectivity index (χ1v) is 9.69. The van der Waals surface area contributed by atoms with Gasteiger partial charge in [-0.2, -0.15) is 0 Å². The lowest BCUT2D eigenvalue weighted by atomic mass is 10.0. The molecule has 1 aromatic carbocycles. The van der Waals surface area contributed by atoms with Gasteiger partial charge < -0.3 is 4.74 Å². The van der Waals surface area contributed by atoms with E-state index in [-0.39, 0.29) is 5.56 Å². The van der Waals surface area contributed by atoms with E-state index in [1.165, 1.54) is 27.8 Å². The standard InChI is InChI=1S/C20H22N2O3S/c1-4-10-25-20(24)13(3)22-12-21-18-17(19(22)23)16(11-26-18)15-8-6-14(5-2)7-9-15/h6-9,11-13H,4-5,10H2,1-3H3/t13-/m1/s1. The van der Waals surface area contributed by atoms with Crippen molar-refractivity contribution in [1.82, 2.24) is 9.55 Å². The highest BCUT2D eigenvalue weighted by atomic mass is 32.1. The quantitative estimate of drug-likeness (QED) is 0.610. The maximum Gasteiger partial charge on any atom is 0.328 e. The zero-order valence-corrected chi connectivity index (χ0v) is 16.0. The summed E-state index contributed by atoms with van der Waals surface area (Å²) in [6.07, 6.45) is 3.15. The van der Waals surface area contributed by atoms with Crippen molar-refractivity contribution in [2.45, 2.75) is 39.7 Å². The number of carbonyl (C=O) groups excluding carboxylic acids is 1. The minimum absolute atomic E-state index is 0.216. The van der Waals surface area contributed by atoms with E-state index in [9.17, 15) is 9.59 Å². The second kappa shape index (κ2) is 7.83. The molecule has 2 aromatic heterocycles. The molecule has 0 aliphatic carbocycles. The van der Waals surface area contributed by atoms with Crippen molar-refractivity contribution in [2.75, 3.05) is 6.61 Å². The number of aromatic nitrogens is 2. The van der Waals surface area contributed by atoms with Crippen LogP contribution < -0.4 is 5.56 Å². The highest BCUT2D eigenvalue weighted by Gasteiger charge is 2.21. The van der Waals surface area contributed by atoms with E-state index < -0.39 is 12.0 Å². The summed E-state index contributed by atoms with van der Waals surface area (Å²) in [5, 5.41) is 2.50. The Morgan fingerprint density at radius 3 is 2.65 bits per heavy atom. The van der Waals surface area contributed by atoms with E-state index in [1.54, 1.807) is 6.92 Å². The number of esters is 1. The third kappa shape index (κ3) is 3.42. The molecule has 0 radical (unpaired) electrons. The number of nitrogens with zero attached hydrogens (tertiary/aromatic N) is 2. The monoisotopic (exact) mass is 370 g/mol. The molecule has 0 N–H and O–H groups in total. The van der Waals surface area contributed by atoms with E-state index in [0.717, 1.165) is 24.0 Å². The molecule has 3 rings (SSSR count). The number of hydrogen-bond donors (Lipinski definition) is 0. The Balaban J connectivity index is 2.05. The van der Waals surface area contributed by atoms with E-state index in [4.69, 9.17) is 4.74 Å². The van der Waals surface area contributed by atoms with Crippen molar-refractivity contribution >= 4 is 27.5 Å². The second-order valence-corrected chi connectivity index (χ2v) is 7.04. The minimum Gasteiger partial charge on any atom is -0.464 e.